The van der Waals surface area contributed by atoms with Crippen LogP contribution in [0.25, 0.3) is 6.08 Å². The van der Waals surface area contributed by atoms with E-state index < -0.39 is 6.09 Å². The van der Waals surface area contributed by atoms with Crippen LogP contribution >= 0.6 is 0 Å². The molecular weight excluding hydrogens is 304 g/mol. The van der Waals surface area contributed by atoms with Crippen molar-refractivity contribution in [3.05, 3.63) is 70.8 Å². The molecule has 1 aliphatic rings. The molecule has 0 radical (unpaired) electrons. The van der Waals surface area contributed by atoms with Gasteiger partial charge in [-0.25, -0.2) is 10.2 Å². The van der Waals surface area contributed by atoms with Gasteiger partial charge in [0.15, 0.2) is 0 Å². The number of fused-ring (bicyclic) bond motifs is 1. The molecule has 5 heteroatoms. The van der Waals surface area contributed by atoms with Gasteiger partial charge in [0.1, 0.15) is 12.4 Å². The molecule has 0 spiro atoms. The van der Waals surface area contributed by atoms with Crippen molar-refractivity contribution in [1.29, 1.82) is 0 Å². The molecule has 0 saturated heterocycles. The van der Waals surface area contributed by atoms with E-state index in [1.54, 1.807) is 6.07 Å². The van der Waals surface area contributed by atoms with Crippen molar-refractivity contribution < 1.29 is 14.6 Å². The highest BCUT2D eigenvalue weighted by atomic mass is 16.5. The number of hydrogen-bond donors (Lipinski definition) is 2. The van der Waals surface area contributed by atoms with Gasteiger partial charge in [0, 0.05) is 5.56 Å². The molecule has 3 rings (SSSR count). The van der Waals surface area contributed by atoms with E-state index in [1.165, 1.54) is 6.21 Å². The maximum absolute atomic E-state index is 11.7. The average molecular weight is 322 g/mol. The second kappa shape index (κ2) is 7.46. The lowest BCUT2D eigenvalue weighted by atomic mass is 9.93. The quantitative estimate of drug-likeness (QED) is 0.667. The molecule has 0 bridgehead atoms. The first-order chi connectivity index (χ1) is 11.7. The molecule has 122 valence electrons. The lowest BCUT2D eigenvalue weighted by molar-refractivity contribution is 0.140. The minimum Gasteiger partial charge on any atom is -0.507 e. The Hall–Kier alpha value is -3.08. The van der Waals surface area contributed by atoms with Crippen LogP contribution in [0.5, 0.6) is 5.75 Å². The third kappa shape index (κ3) is 3.81. The summed E-state index contributed by atoms with van der Waals surface area (Å²) in [5, 5.41) is 13.9. The van der Waals surface area contributed by atoms with Crippen LogP contribution in [-0.4, -0.2) is 17.4 Å². The van der Waals surface area contributed by atoms with E-state index >= 15 is 0 Å². The van der Waals surface area contributed by atoms with Crippen LogP contribution in [0.15, 0.2) is 53.6 Å². The third-order valence-electron chi connectivity index (χ3n) is 3.78. The number of hydrogen-bond acceptors (Lipinski definition) is 4. The van der Waals surface area contributed by atoms with E-state index in [0.29, 0.717) is 5.56 Å². The van der Waals surface area contributed by atoms with Crippen LogP contribution in [0.3, 0.4) is 0 Å². The van der Waals surface area contributed by atoms with Gasteiger partial charge in [0.2, 0.25) is 0 Å². The molecule has 0 aromatic heterocycles. The number of nitrogens with one attached hydrogen (secondary N) is 1. The molecule has 0 aliphatic heterocycles. The number of phenols is 1. The number of hydrazone groups is 1. The van der Waals surface area contributed by atoms with Crippen molar-refractivity contribution in [3.63, 3.8) is 0 Å². The molecule has 24 heavy (non-hydrogen) atoms. The van der Waals surface area contributed by atoms with Crippen molar-refractivity contribution in [2.45, 2.75) is 19.4 Å². The Labute approximate surface area is 140 Å². The first-order valence-corrected chi connectivity index (χ1v) is 7.75. The number of amides is 1. The zero-order valence-electron chi connectivity index (χ0n) is 13.1. The summed E-state index contributed by atoms with van der Waals surface area (Å²) in [6.07, 6.45) is 6.73. The van der Waals surface area contributed by atoms with E-state index in [0.717, 1.165) is 29.5 Å². The first kappa shape index (κ1) is 15.8. The van der Waals surface area contributed by atoms with Gasteiger partial charge in [-0.05, 0) is 35.6 Å². The van der Waals surface area contributed by atoms with E-state index in [1.807, 2.05) is 42.5 Å². The SMILES string of the molecule is O=C(N/N=C/c1c(O)ccc2c1C=CCC2)OCc1ccccc1. The summed E-state index contributed by atoms with van der Waals surface area (Å²) in [6.45, 7) is 0.177. The highest BCUT2D eigenvalue weighted by molar-refractivity contribution is 5.90. The highest BCUT2D eigenvalue weighted by Crippen LogP contribution is 2.28. The summed E-state index contributed by atoms with van der Waals surface area (Å²) in [7, 11) is 0. The number of nitrogens with zero attached hydrogens (tertiary/aromatic N) is 1. The fourth-order valence-electron chi connectivity index (χ4n) is 2.57. The number of ether oxygens (including phenoxy) is 1. The fourth-order valence-corrected chi connectivity index (χ4v) is 2.57. The predicted molar refractivity (Wildman–Crippen MR) is 92.8 cm³/mol. The Kier molecular flexibility index (Phi) is 4.91. The van der Waals surface area contributed by atoms with Crippen molar-refractivity contribution in [3.8, 4) is 5.75 Å². The van der Waals surface area contributed by atoms with E-state index in [-0.39, 0.29) is 12.4 Å². The molecule has 2 aromatic rings. The molecular formula is C19H18N2O3. The topological polar surface area (TPSA) is 70.9 Å². The Morgan fingerprint density at radius 3 is 2.92 bits per heavy atom. The van der Waals surface area contributed by atoms with Crippen molar-refractivity contribution >= 4 is 18.4 Å². The van der Waals surface area contributed by atoms with Gasteiger partial charge in [-0.3, -0.25) is 0 Å². The van der Waals surface area contributed by atoms with Gasteiger partial charge in [0.05, 0.1) is 6.21 Å². The molecule has 0 fully saturated rings. The predicted octanol–water partition coefficient (Wildman–Crippen LogP) is 3.61. The van der Waals surface area contributed by atoms with E-state index in [9.17, 15) is 9.90 Å². The summed E-state index contributed by atoms with van der Waals surface area (Å²) >= 11 is 0. The van der Waals surface area contributed by atoms with Crippen LogP contribution in [0.2, 0.25) is 0 Å². The summed E-state index contributed by atoms with van der Waals surface area (Å²) in [5.41, 5.74) is 5.89. The van der Waals surface area contributed by atoms with Crippen molar-refractivity contribution in [2.24, 2.45) is 5.10 Å². The molecule has 0 atom stereocenters. The van der Waals surface area contributed by atoms with Crippen molar-refractivity contribution in [1.82, 2.24) is 5.43 Å². The van der Waals surface area contributed by atoms with Gasteiger partial charge in [-0.1, -0.05) is 48.6 Å². The van der Waals surface area contributed by atoms with Gasteiger partial charge in [0.25, 0.3) is 0 Å². The molecule has 5 nitrogen and oxygen atoms in total. The molecule has 1 amide bonds. The lowest BCUT2D eigenvalue weighted by Gasteiger charge is -2.13. The van der Waals surface area contributed by atoms with Crippen LogP contribution in [0.4, 0.5) is 4.79 Å². The number of aromatic hydroxyl groups is 1. The number of phenolic OH excluding ortho intramolecular Hbond substituents is 1. The minimum absolute atomic E-state index is 0.128. The number of benzene rings is 2. The standard InChI is InChI=1S/C19H18N2O3/c22-18-11-10-15-8-4-5-9-16(15)17(18)12-20-21-19(23)24-13-14-6-2-1-3-7-14/h1-3,5-7,9-12,22H,4,8,13H2,(H,21,23)/b20-12+. The molecule has 2 aromatic carbocycles. The molecule has 0 unspecified atom stereocenters. The van der Waals surface area contributed by atoms with Gasteiger partial charge in [-0.15, -0.1) is 0 Å². The second-order valence-corrected chi connectivity index (χ2v) is 5.44. The minimum atomic E-state index is -0.644. The van der Waals surface area contributed by atoms with Crippen LogP contribution in [0.1, 0.15) is 28.7 Å². The lowest BCUT2D eigenvalue weighted by Crippen LogP contribution is -2.18. The van der Waals surface area contributed by atoms with Gasteiger partial charge >= 0.3 is 6.09 Å². The zero-order valence-corrected chi connectivity index (χ0v) is 13.1. The second-order valence-electron chi connectivity index (χ2n) is 5.44. The van der Waals surface area contributed by atoms with Crippen molar-refractivity contribution in [2.75, 3.05) is 0 Å². The molecule has 0 heterocycles. The number of rotatable bonds is 4. The summed E-state index contributed by atoms with van der Waals surface area (Å²) in [5.74, 6) is 0.128. The van der Waals surface area contributed by atoms with Gasteiger partial charge < -0.3 is 9.84 Å². The average Bonchev–Trinajstić information content (AvgIpc) is 2.63. The Balaban J connectivity index is 1.61. The molecule has 0 saturated carbocycles. The summed E-state index contributed by atoms with van der Waals surface area (Å²) in [6, 6.07) is 13.0. The van der Waals surface area contributed by atoms with Gasteiger partial charge in [-0.2, -0.15) is 5.10 Å². The molecule has 1 aliphatic carbocycles. The number of carbonyl (C=O) groups excluding carboxylic acids is 1. The van der Waals surface area contributed by atoms with Crippen LogP contribution in [-0.2, 0) is 17.8 Å². The largest absolute Gasteiger partial charge is 0.507 e. The normalized spacial score (nSPS) is 12.8. The van der Waals surface area contributed by atoms with E-state index in [2.05, 4.69) is 16.6 Å². The maximum atomic E-state index is 11.7. The van der Waals surface area contributed by atoms with Crippen LogP contribution < -0.4 is 5.43 Å². The third-order valence-corrected chi connectivity index (χ3v) is 3.78. The molecule has 2 N–H and O–H groups in total. The zero-order chi connectivity index (χ0) is 16.8. The fraction of sp³-hybridized carbons (Fsp3) is 0.158. The summed E-state index contributed by atoms with van der Waals surface area (Å²) < 4.78 is 5.07. The van der Waals surface area contributed by atoms with E-state index in [4.69, 9.17) is 4.74 Å². The summed E-state index contributed by atoms with van der Waals surface area (Å²) in [4.78, 5) is 11.7. The Morgan fingerprint density at radius 1 is 1.25 bits per heavy atom. The Morgan fingerprint density at radius 2 is 2.08 bits per heavy atom. The first-order valence-electron chi connectivity index (χ1n) is 7.75. The number of carbonyl (C=O) groups is 1. The number of aryl methyl sites for hydroxylation is 1. The smallest absolute Gasteiger partial charge is 0.428 e. The highest BCUT2D eigenvalue weighted by Gasteiger charge is 2.11. The maximum Gasteiger partial charge on any atom is 0.428 e. The monoisotopic (exact) mass is 322 g/mol. The Bertz CT molecular complexity index is 783. The number of allylic oxidation sites excluding steroid dienone is 1. The van der Waals surface area contributed by atoms with Crippen LogP contribution in [0, 0.1) is 0 Å².